The summed E-state index contributed by atoms with van der Waals surface area (Å²) in [5, 5.41) is 13.7. The molecule has 28 heavy (non-hydrogen) atoms. The Kier molecular flexibility index (Phi) is 5.16. The van der Waals surface area contributed by atoms with E-state index in [-0.39, 0.29) is 5.97 Å². The molecule has 0 N–H and O–H groups in total. The molecule has 1 aliphatic heterocycles. The molecule has 9 nitrogen and oxygen atoms in total. The number of rotatable bonds is 5. The molecule has 4 rings (SSSR count). The zero-order valence-electron chi connectivity index (χ0n) is 16.1. The molecule has 0 radical (unpaired) electrons. The number of esters is 1. The first-order valence-electron chi connectivity index (χ1n) is 9.39. The van der Waals surface area contributed by atoms with Crippen molar-refractivity contribution in [3.05, 3.63) is 30.6 Å². The van der Waals surface area contributed by atoms with E-state index in [9.17, 15) is 4.79 Å². The number of fused-ring (bicyclic) bond motifs is 1. The first-order valence-corrected chi connectivity index (χ1v) is 9.39. The predicted molar refractivity (Wildman–Crippen MR) is 105 cm³/mol. The van der Waals surface area contributed by atoms with Crippen molar-refractivity contribution < 1.29 is 9.53 Å². The number of anilines is 1. The van der Waals surface area contributed by atoms with E-state index in [1.54, 1.807) is 6.20 Å². The second kappa shape index (κ2) is 7.89. The zero-order chi connectivity index (χ0) is 19.5. The molecule has 0 unspecified atom stereocenters. The summed E-state index contributed by atoms with van der Waals surface area (Å²) in [6.45, 7) is 5.56. The molecule has 1 aliphatic rings. The van der Waals surface area contributed by atoms with E-state index in [0.717, 1.165) is 48.3 Å². The summed E-state index contributed by atoms with van der Waals surface area (Å²) in [5.41, 5.74) is 2.84. The molecule has 0 spiro atoms. The van der Waals surface area contributed by atoms with Crippen molar-refractivity contribution in [1.82, 2.24) is 29.9 Å². The second-order valence-corrected chi connectivity index (χ2v) is 6.75. The standard InChI is InChI=1S/C19H23N7O2/c1-3-28-18(27)13-25-6-8-26(9-7-25)19-22-16(12-20-23-19)14-4-5-17-15(10-14)11-21-24(17)2/h4-5,10-12H,3,6-9,13H2,1-2H3. The van der Waals surface area contributed by atoms with Crippen molar-refractivity contribution in [2.24, 2.45) is 7.05 Å². The fourth-order valence-corrected chi connectivity index (χ4v) is 3.39. The number of ether oxygens (including phenoxy) is 1. The van der Waals surface area contributed by atoms with Gasteiger partial charge in [0.25, 0.3) is 0 Å². The Morgan fingerprint density at radius 3 is 2.79 bits per heavy atom. The van der Waals surface area contributed by atoms with Gasteiger partial charge in [-0.1, -0.05) is 6.07 Å². The minimum absolute atomic E-state index is 0.179. The van der Waals surface area contributed by atoms with Crippen LogP contribution in [0.2, 0.25) is 0 Å². The molecule has 0 aliphatic carbocycles. The fourth-order valence-electron chi connectivity index (χ4n) is 3.39. The van der Waals surface area contributed by atoms with Gasteiger partial charge < -0.3 is 9.64 Å². The third-order valence-corrected chi connectivity index (χ3v) is 4.90. The number of aryl methyl sites for hydroxylation is 1. The molecule has 0 saturated carbocycles. The first-order chi connectivity index (χ1) is 13.6. The van der Waals surface area contributed by atoms with Crippen molar-refractivity contribution in [3.63, 3.8) is 0 Å². The third-order valence-electron chi connectivity index (χ3n) is 4.90. The topological polar surface area (TPSA) is 89.3 Å². The number of benzene rings is 1. The Morgan fingerprint density at radius 2 is 2.00 bits per heavy atom. The van der Waals surface area contributed by atoms with Crippen molar-refractivity contribution >= 4 is 22.8 Å². The van der Waals surface area contributed by atoms with Crippen LogP contribution >= 0.6 is 0 Å². The van der Waals surface area contributed by atoms with Crippen molar-refractivity contribution in [2.75, 3.05) is 44.2 Å². The summed E-state index contributed by atoms with van der Waals surface area (Å²) in [7, 11) is 1.92. The lowest BCUT2D eigenvalue weighted by molar-refractivity contribution is -0.144. The molecule has 1 saturated heterocycles. The lowest BCUT2D eigenvalue weighted by Gasteiger charge is -2.33. The van der Waals surface area contributed by atoms with E-state index in [1.807, 2.05) is 37.0 Å². The van der Waals surface area contributed by atoms with E-state index < -0.39 is 0 Å². The molecule has 0 amide bonds. The molecule has 0 atom stereocenters. The summed E-state index contributed by atoms with van der Waals surface area (Å²) >= 11 is 0. The van der Waals surface area contributed by atoms with E-state index in [0.29, 0.717) is 19.1 Å². The maximum atomic E-state index is 11.6. The Morgan fingerprint density at radius 1 is 1.18 bits per heavy atom. The number of nitrogens with zero attached hydrogens (tertiary/aromatic N) is 7. The Bertz CT molecular complexity index is 979. The highest BCUT2D eigenvalue weighted by Crippen LogP contribution is 2.23. The lowest BCUT2D eigenvalue weighted by Crippen LogP contribution is -2.48. The van der Waals surface area contributed by atoms with Gasteiger partial charge in [0.2, 0.25) is 5.95 Å². The number of aromatic nitrogens is 5. The molecule has 3 heterocycles. The van der Waals surface area contributed by atoms with Gasteiger partial charge in [-0.15, -0.1) is 5.10 Å². The smallest absolute Gasteiger partial charge is 0.320 e. The highest BCUT2D eigenvalue weighted by Gasteiger charge is 2.21. The summed E-state index contributed by atoms with van der Waals surface area (Å²) in [6.07, 6.45) is 3.52. The largest absolute Gasteiger partial charge is 0.465 e. The van der Waals surface area contributed by atoms with Crippen LogP contribution in [-0.2, 0) is 16.6 Å². The maximum Gasteiger partial charge on any atom is 0.320 e. The minimum atomic E-state index is -0.179. The van der Waals surface area contributed by atoms with E-state index >= 15 is 0 Å². The monoisotopic (exact) mass is 381 g/mol. The van der Waals surface area contributed by atoms with Crippen LogP contribution in [0.4, 0.5) is 5.95 Å². The third kappa shape index (κ3) is 3.79. The van der Waals surface area contributed by atoms with Crippen LogP contribution < -0.4 is 4.90 Å². The van der Waals surface area contributed by atoms with Crippen LogP contribution in [0.1, 0.15) is 6.92 Å². The molecule has 3 aromatic rings. The van der Waals surface area contributed by atoms with Gasteiger partial charge in [0.05, 0.1) is 36.8 Å². The SMILES string of the molecule is CCOC(=O)CN1CCN(c2nncc(-c3ccc4c(cnn4C)c3)n2)CC1. The quantitative estimate of drug-likeness (QED) is 0.607. The number of carbonyl (C=O) groups is 1. The van der Waals surface area contributed by atoms with Gasteiger partial charge in [-0.2, -0.15) is 10.2 Å². The molecular weight excluding hydrogens is 358 g/mol. The second-order valence-electron chi connectivity index (χ2n) is 6.75. The fraction of sp³-hybridized carbons (Fsp3) is 0.421. The molecular formula is C19H23N7O2. The number of carbonyl (C=O) groups excluding carboxylic acids is 1. The number of hydrogen-bond donors (Lipinski definition) is 0. The van der Waals surface area contributed by atoms with E-state index in [2.05, 4.69) is 31.2 Å². The molecule has 146 valence electrons. The van der Waals surface area contributed by atoms with Crippen molar-refractivity contribution in [2.45, 2.75) is 6.92 Å². The Hall–Kier alpha value is -3.07. The molecule has 1 aromatic carbocycles. The average Bonchev–Trinajstić information content (AvgIpc) is 3.09. The number of piperazine rings is 1. The predicted octanol–water partition coefficient (Wildman–Crippen LogP) is 1.11. The molecule has 2 aromatic heterocycles. The van der Waals surface area contributed by atoms with Crippen LogP contribution in [0, 0.1) is 0 Å². The summed E-state index contributed by atoms with van der Waals surface area (Å²) in [6, 6.07) is 6.12. The van der Waals surface area contributed by atoms with Crippen LogP contribution in [-0.4, -0.2) is 75.2 Å². The summed E-state index contributed by atoms with van der Waals surface area (Å²) in [4.78, 5) is 20.5. The zero-order valence-corrected chi connectivity index (χ0v) is 16.1. The first kappa shape index (κ1) is 18.3. The highest BCUT2D eigenvalue weighted by molar-refractivity contribution is 5.83. The summed E-state index contributed by atoms with van der Waals surface area (Å²) < 4.78 is 6.86. The molecule has 0 bridgehead atoms. The maximum absolute atomic E-state index is 11.6. The Balaban J connectivity index is 1.46. The van der Waals surface area contributed by atoms with Gasteiger partial charge in [0.1, 0.15) is 0 Å². The van der Waals surface area contributed by atoms with Gasteiger partial charge in [0.15, 0.2) is 0 Å². The van der Waals surface area contributed by atoms with Crippen LogP contribution in [0.25, 0.3) is 22.2 Å². The number of hydrogen-bond acceptors (Lipinski definition) is 8. The van der Waals surface area contributed by atoms with Gasteiger partial charge in [-0.05, 0) is 19.1 Å². The Labute approximate surface area is 162 Å². The normalized spacial score (nSPS) is 15.1. The van der Waals surface area contributed by atoms with E-state index in [1.165, 1.54) is 0 Å². The van der Waals surface area contributed by atoms with Crippen LogP contribution in [0.15, 0.2) is 30.6 Å². The van der Waals surface area contributed by atoms with Crippen molar-refractivity contribution in [1.29, 1.82) is 0 Å². The van der Waals surface area contributed by atoms with Gasteiger partial charge in [-0.3, -0.25) is 14.4 Å². The van der Waals surface area contributed by atoms with Crippen LogP contribution in [0.3, 0.4) is 0 Å². The van der Waals surface area contributed by atoms with Gasteiger partial charge in [0, 0.05) is 44.2 Å². The van der Waals surface area contributed by atoms with Crippen LogP contribution in [0.5, 0.6) is 0 Å². The highest BCUT2D eigenvalue weighted by atomic mass is 16.5. The van der Waals surface area contributed by atoms with E-state index in [4.69, 9.17) is 9.72 Å². The summed E-state index contributed by atoms with van der Waals surface area (Å²) in [5.74, 6) is 0.432. The average molecular weight is 381 g/mol. The lowest BCUT2D eigenvalue weighted by atomic mass is 10.1. The van der Waals surface area contributed by atoms with Crippen molar-refractivity contribution in [3.8, 4) is 11.3 Å². The molecule has 9 heteroatoms. The molecule has 1 fully saturated rings. The van der Waals surface area contributed by atoms with Gasteiger partial charge in [-0.25, -0.2) is 4.98 Å². The van der Waals surface area contributed by atoms with Gasteiger partial charge >= 0.3 is 5.97 Å². The minimum Gasteiger partial charge on any atom is -0.465 e.